The summed E-state index contributed by atoms with van der Waals surface area (Å²) in [4.78, 5) is 23.5. The van der Waals surface area contributed by atoms with E-state index in [0.29, 0.717) is 31.8 Å². The maximum absolute atomic E-state index is 12.4. The number of aliphatic carboxylic acids is 1. The van der Waals surface area contributed by atoms with E-state index >= 15 is 0 Å². The van der Waals surface area contributed by atoms with Crippen molar-refractivity contribution in [3.05, 3.63) is 17.5 Å². The molecule has 0 radical (unpaired) electrons. The number of hydrogen-bond acceptors (Lipinski definition) is 5. The fourth-order valence-corrected chi connectivity index (χ4v) is 2.44. The van der Waals surface area contributed by atoms with Gasteiger partial charge in [0.25, 0.3) is 5.91 Å². The van der Waals surface area contributed by atoms with E-state index in [2.05, 4.69) is 10.5 Å². The average Bonchev–Trinajstić information content (AvgIpc) is 2.88. The molecule has 2 rings (SSSR count). The Kier molecular flexibility index (Phi) is 4.55. The molecule has 0 saturated carbocycles. The zero-order valence-corrected chi connectivity index (χ0v) is 13.1. The minimum atomic E-state index is -0.947. The number of nitrogens with one attached hydrogen (secondary N) is 1. The summed E-state index contributed by atoms with van der Waals surface area (Å²) >= 11 is 0. The van der Waals surface area contributed by atoms with E-state index < -0.39 is 17.4 Å². The predicted molar refractivity (Wildman–Crippen MR) is 77.7 cm³/mol. The molecule has 0 aliphatic carbocycles. The number of carboxylic acids is 1. The Morgan fingerprint density at radius 3 is 2.50 bits per heavy atom. The molecule has 1 aliphatic heterocycles. The van der Waals surface area contributed by atoms with Gasteiger partial charge >= 0.3 is 5.97 Å². The Morgan fingerprint density at radius 1 is 1.36 bits per heavy atom. The van der Waals surface area contributed by atoms with Crippen molar-refractivity contribution in [2.24, 2.45) is 0 Å². The highest BCUT2D eigenvalue weighted by molar-refractivity contribution is 5.93. The topological polar surface area (TPSA) is 102 Å². The molecule has 122 valence electrons. The first-order chi connectivity index (χ1) is 10.2. The van der Waals surface area contributed by atoms with Crippen molar-refractivity contribution in [1.82, 2.24) is 10.5 Å². The highest BCUT2D eigenvalue weighted by atomic mass is 16.5. The third-order valence-electron chi connectivity index (χ3n) is 3.80. The van der Waals surface area contributed by atoms with Crippen LogP contribution in [-0.2, 0) is 14.9 Å². The fourth-order valence-electron chi connectivity index (χ4n) is 2.44. The van der Waals surface area contributed by atoms with E-state index in [9.17, 15) is 9.59 Å². The summed E-state index contributed by atoms with van der Waals surface area (Å²) in [5, 5.41) is 15.7. The van der Waals surface area contributed by atoms with Crippen LogP contribution in [0.2, 0.25) is 0 Å². The number of ether oxygens (including phenoxy) is 1. The molecule has 0 bridgehead atoms. The molecule has 0 unspecified atom stereocenters. The van der Waals surface area contributed by atoms with Gasteiger partial charge in [0.2, 0.25) is 0 Å². The van der Waals surface area contributed by atoms with Crippen molar-refractivity contribution in [2.45, 2.75) is 51.0 Å². The van der Waals surface area contributed by atoms with Crippen LogP contribution in [0.15, 0.2) is 10.6 Å². The normalized spacial score (nSPS) is 18.0. The molecule has 1 fully saturated rings. The van der Waals surface area contributed by atoms with Crippen LogP contribution < -0.4 is 5.32 Å². The lowest BCUT2D eigenvalue weighted by Crippen LogP contribution is -2.53. The first-order valence-corrected chi connectivity index (χ1v) is 7.31. The smallest absolute Gasteiger partial charge is 0.305 e. The van der Waals surface area contributed by atoms with Crippen molar-refractivity contribution in [1.29, 1.82) is 0 Å². The first kappa shape index (κ1) is 16.5. The summed E-state index contributed by atoms with van der Waals surface area (Å²) in [7, 11) is 0. The van der Waals surface area contributed by atoms with E-state index in [1.54, 1.807) is 6.07 Å². The second-order valence-corrected chi connectivity index (χ2v) is 6.74. The lowest BCUT2D eigenvalue weighted by Gasteiger charge is -2.36. The highest BCUT2D eigenvalue weighted by Gasteiger charge is 2.37. The molecule has 1 aliphatic rings. The van der Waals surface area contributed by atoms with Crippen LogP contribution in [0.5, 0.6) is 0 Å². The molecular weight excluding hydrogens is 288 g/mol. The largest absolute Gasteiger partial charge is 0.481 e. The molecule has 0 spiro atoms. The van der Waals surface area contributed by atoms with E-state index in [1.807, 2.05) is 20.8 Å². The van der Waals surface area contributed by atoms with Gasteiger partial charge in [0.1, 0.15) is 5.76 Å². The van der Waals surface area contributed by atoms with E-state index in [4.69, 9.17) is 14.4 Å². The number of carbonyl (C=O) groups excluding carboxylic acids is 1. The third kappa shape index (κ3) is 3.85. The lowest BCUT2D eigenvalue weighted by atomic mass is 9.86. The average molecular weight is 310 g/mol. The zero-order chi connectivity index (χ0) is 16.4. The van der Waals surface area contributed by atoms with Gasteiger partial charge in [-0.15, -0.1) is 0 Å². The van der Waals surface area contributed by atoms with Crippen LogP contribution in [-0.4, -0.2) is 40.9 Å². The standard InChI is InChI=1S/C15H22N2O5/c1-14(2,3)11-8-10(17-22-11)13(20)16-15(9-12(18)19)4-6-21-7-5-15/h8H,4-7,9H2,1-3H3,(H,16,20)(H,18,19). The van der Waals surface area contributed by atoms with E-state index in [-0.39, 0.29) is 17.5 Å². The molecule has 2 N–H and O–H groups in total. The van der Waals surface area contributed by atoms with E-state index in [0.717, 1.165) is 0 Å². The Labute approximate surface area is 129 Å². The van der Waals surface area contributed by atoms with Gasteiger partial charge in [-0.3, -0.25) is 9.59 Å². The summed E-state index contributed by atoms with van der Waals surface area (Å²) < 4.78 is 10.5. The first-order valence-electron chi connectivity index (χ1n) is 7.31. The lowest BCUT2D eigenvalue weighted by molar-refractivity contribution is -0.139. The highest BCUT2D eigenvalue weighted by Crippen LogP contribution is 2.26. The second-order valence-electron chi connectivity index (χ2n) is 6.74. The molecule has 7 heteroatoms. The number of aromatic nitrogens is 1. The van der Waals surface area contributed by atoms with Crippen LogP contribution in [0.4, 0.5) is 0 Å². The van der Waals surface area contributed by atoms with Gasteiger partial charge in [-0.05, 0) is 12.8 Å². The number of carbonyl (C=O) groups is 2. The molecule has 1 saturated heterocycles. The molecule has 2 heterocycles. The van der Waals surface area contributed by atoms with Gasteiger partial charge in [-0.25, -0.2) is 0 Å². The Hall–Kier alpha value is -1.89. The number of nitrogens with zero attached hydrogens (tertiary/aromatic N) is 1. The number of amides is 1. The van der Waals surface area contributed by atoms with Gasteiger partial charge in [0.05, 0.1) is 12.0 Å². The Morgan fingerprint density at radius 2 is 2.00 bits per heavy atom. The summed E-state index contributed by atoms with van der Waals surface area (Å²) in [6, 6.07) is 1.60. The quantitative estimate of drug-likeness (QED) is 0.878. The Bertz CT molecular complexity index is 553. The fraction of sp³-hybridized carbons (Fsp3) is 0.667. The molecule has 1 aromatic rings. The predicted octanol–water partition coefficient (Wildman–Crippen LogP) is 1.73. The van der Waals surface area contributed by atoms with Crippen LogP contribution >= 0.6 is 0 Å². The molecule has 1 aromatic heterocycles. The van der Waals surface area contributed by atoms with E-state index in [1.165, 1.54) is 0 Å². The number of carboxylic acid groups (broad SMARTS) is 1. The molecule has 0 aromatic carbocycles. The van der Waals surface area contributed by atoms with Crippen LogP contribution in [0.3, 0.4) is 0 Å². The van der Waals surface area contributed by atoms with Crippen LogP contribution in [0.1, 0.15) is 56.3 Å². The van der Waals surface area contributed by atoms with Gasteiger partial charge in [0, 0.05) is 24.7 Å². The number of rotatable bonds is 4. The van der Waals surface area contributed by atoms with Gasteiger partial charge in [-0.1, -0.05) is 25.9 Å². The summed E-state index contributed by atoms with van der Waals surface area (Å²) in [6.45, 7) is 6.73. The van der Waals surface area contributed by atoms with Gasteiger partial charge in [0.15, 0.2) is 5.69 Å². The van der Waals surface area contributed by atoms with Crippen molar-refractivity contribution in [2.75, 3.05) is 13.2 Å². The molecule has 22 heavy (non-hydrogen) atoms. The third-order valence-corrected chi connectivity index (χ3v) is 3.80. The summed E-state index contributed by atoms with van der Waals surface area (Å²) in [5.74, 6) is -0.753. The maximum atomic E-state index is 12.4. The van der Waals surface area contributed by atoms with Gasteiger partial charge < -0.3 is 19.7 Å². The van der Waals surface area contributed by atoms with Gasteiger partial charge in [-0.2, -0.15) is 0 Å². The minimum absolute atomic E-state index is 0.133. The van der Waals surface area contributed by atoms with Crippen LogP contribution in [0, 0.1) is 0 Å². The summed E-state index contributed by atoms with van der Waals surface area (Å²) in [5.41, 5.74) is -0.869. The molecule has 0 atom stereocenters. The molecule has 7 nitrogen and oxygen atoms in total. The monoisotopic (exact) mass is 310 g/mol. The second kappa shape index (κ2) is 6.08. The maximum Gasteiger partial charge on any atom is 0.305 e. The Balaban J connectivity index is 2.14. The minimum Gasteiger partial charge on any atom is -0.481 e. The van der Waals surface area contributed by atoms with Crippen molar-refractivity contribution < 1.29 is 24.0 Å². The van der Waals surface area contributed by atoms with Crippen molar-refractivity contribution in [3.63, 3.8) is 0 Å². The summed E-state index contributed by atoms with van der Waals surface area (Å²) in [6.07, 6.45) is 0.802. The zero-order valence-electron chi connectivity index (χ0n) is 13.1. The van der Waals surface area contributed by atoms with Crippen molar-refractivity contribution in [3.8, 4) is 0 Å². The molecule has 1 amide bonds. The number of hydrogen-bond donors (Lipinski definition) is 2. The van der Waals surface area contributed by atoms with Crippen molar-refractivity contribution >= 4 is 11.9 Å². The van der Waals surface area contributed by atoms with Crippen LogP contribution in [0.25, 0.3) is 0 Å². The molecular formula is C15H22N2O5. The SMILES string of the molecule is CC(C)(C)c1cc(C(=O)NC2(CC(=O)O)CCOCC2)no1.